The van der Waals surface area contributed by atoms with E-state index in [0.29, 0.717) is 0 Å². The van der Waals surface area contributed by atoms with E-state index in [1.165, 1.54) is 5.56 Å². The lowest BCUT2D eigenvalue weighted by Crippen LogP contribution is -2.35. The number of benzene rings is 1. The first-order valence-corrected chi connectivity index (χ1v) is 7.38. The molecule has 1 aromatic carbocycles. The van der Waals surface area contributed by atoms with Gasteiger partial charge in [-0.3, -0.25) is 4.79 Å². The number of hydrogen-bond donors (Lipinski definition) is 2. The third-order valence-electron chi connectivity index (χ3n) is 3.84. The van der Waals surface area contributed by atoms with Crippen LogP contribution in [0, 0.1) is 0 Å². The first kappa shape index (κ1) is 15.1. The Morgan fingerprint density at radius 3 is 2.85 bits per heavy atom. The molecule has 0 radical (unpaired) electrons. The van der Waals surface area contributed by atoms with E-state index >= 15 is 0 Å². The molecule has 2 N–H and O–H groups in total. The molecule has 4 nitrogen and oxygen atoms in total. The van der Waals surface area contributed by atoms with Crippen LogP contribution in [0.15, 0.2) is 18.2 Å². The number of hydrogen-bond acceptors (Lipinski definition) is 3. The molecule has 0 aromatic heterocycles. The zero-order chi connectivity index (χ0) is 14.7. The maximum atomic E-state index is 11.1. The van der Waals surface area contributed by atoms with Crippen LogP contribution in [0.25, 0.3) is 0 Å². The molecule has 0 aliphatic carbocycles. The van der Waals surface area contributed by atoms with Crippen LogP contribution in [-0.2, 0) is 4.79 Å². The molecule has 2 rings (SSSR count). The largest absolute Gasteiger partial charge is 0.368 e. The van der Waals surface area contributed by atoms with E-state index in [2.05, 4.69) is 34.6 Å². The fourth-order valence-electron chi connectivity index (χ4n) is 2.60. The van der Waals surface area contributed by atoms with Crippen molar-refractivity contribution < 1.29 is 4.79 Å². The fraction of sp³-hybridized carbons (Fsp3) is 0.533. The number of carbonyl (C=O) groups is 1. The Kier molecular flexibility index (Phi) is 4.89. The van der Waals surface area contributed by atoms with E-state index in [1.807, 2.05) is 13.1 Å². The van der Waals surface area contributed by atoms with Crippen LogP contribution in [0.2, 0.25) is 5.02 Å². The van der Waals surface area contributed by atoms with Gasteiger partial charge in [0.25, 0.3) is 0 Å². The highest BCUT2D eigenvalue weighted by molar-refractivity contribution is 6.33. The Labute approximate surface area is 125 Å². The van der Waals surface area contributed by atoms with Gasteiger partial charge in [-0.1, -0.05) is 17.7 Å². The van der Waals surface area contributed by atoms with E-state index in [4.69, 9.17) is 11.6 Å². The Morgan fingerprint density at radius 1 is 1.50 bits per heavy atom. The van der Waals surface area contributed by atoms with Crippen molar-refractivity contribution in [1.82, 2.24) is 10.6 Å². The lowest BCUT2D eigenvalue weighted by atomic mass is 10.1. The molecule has 1 saturated heterocycles. The van der Waals surface area contributed by atoms with Gasteiger partial charge in [-0.05, 0) is 38.1 Å². The minimum Gasteiger partial charge on any atom is -0.368 e. The van der Waals surface area contributed by atoms with Crippen LogP contribution in [0.3, 0.4) is 0 Å². The molecule has 1 amide bonds. The van der Waals surface area contributed by atoms with Crippen molar-refractivity contribution in [1.29, 1.82) is 0 Å². The van der Waals surface area contributed by atoms with Crippen molar-refractivity contribution in [3.05, 3.63) is 28.8 Å². The van der Waals surface area contributed by atoms with E-state index in [0.717, 1.165) is 30.2 Å². The van der Waals surface area contributed by atoms with Gasteiger partial charge in [-0.2, -0.15) is 0 Å². The normalized spacial score (nSPS) is 20.0. The summed E-state index contributed by atoms with van der Waals surface area (Å²) in [6.07, 6.45) is 0.963. The predicted octanol–water partition coefficient (Wildman–Crippen LogP) is 2.34. The molecule has 1 fully saturated rings. The molecule has 2 atom stereocenters. The van der Waals surface area contributed by atoms with Crippen molar-refractivity contribution >= 4 is 23.2 Å². The second-order valence-electron chi connectivity index (χ2n) is 5.35. The first-order chi connectivity index (χ1) is 9.51. The highest BCUT2D eigenvalue weighted by Gasteiger charge is 2.24. The summed E-state index contributed by atoms with van der Waals surface area (Å²) in [5.74, 6) is 0.0288. The minimum absolute atomic E-state index is 0.0288. The van der Waals surface area contributed by atoms with Crippen molar-refractivity contribution in [2.45, 2.75) is 32.4 Å². The van der Waals surface area contributed by atoms with Gasteiger partial charge >= 0.3 is 0 Å². The molecule has 0 saturated carbocycles. The van der Waals surface area contributed by atoms with Gasteiger partial charge in [-0.25, -0.2) is 0 Å². The number of nitrogens with zero attached hydrogens (tertiary/aromatic N) is 1. The summed E-state index contributed by atoms with van der Waals surface area (Å²) in [5, 5.41) is 6.94. The highest BCUT2D eigenvalue weighted by Crippen LogP contribution is 2.31. The average Bonchev–Trinajstić information content (AvgIpc) is 2.85. The molecule has 0 spiro atoms. The minimum atomic E-state index is 0.0288. The van der Waals surface area contributed by atoms with Crippen LogP contribution < -0.4 is 15.5 Å². The van der Waals surface area contributed by atoms with Crippen LogP contribution >= 0.6 is 11.6 Å². The summed E-state index contributed by atoms with van der Waals surface area (Å²) in [6, 6.07) is 6.70. The number of amides is 1. The summed E-state index contributed by atoms with van der Waals surface area (Å²) in [4.78, 5) is 13.3. The zero-order valence-electron chi connectivity index (χ0n) is 12.2. The first-order valence-electron chi connectivity index (χ1n) is 7.00. The average molecular weight is 296 g/mol. The van der Waals surface area contributed by atoms with Crippen molar-refractivity contribution in [3.8, 4) is 0 Å². The highest BCUT2D eigenvalue weighted by atomic mass is 35.5. The van der Waals surface area contributed by atoms with Crippen LogP contribution in [0.5, 0.6) is 0 Å². The summed E-state index contributed by atoms with van der Waals surface area (Å²) < 4.78 is 0. The van der Waals surface area contributed by atoms with Crippen LogP contribution in [0.1, 0.15) is 31.9 Å². The topological polar surface area (TPSA) is 44.4 Å². The molecule has 20 heavy (non-hydrogen) atoms. The maximum absolute atomic E-state index is 11.1. The number of rotatable bonds is 4. The van der Waals surface area contributed by atoms with Crippen molar-refractivity contribution in [3.63, 3.8) is 0 Å². The number of carbonyl (C=O) groups excluding carboxylic acids is 1. The predicted molar refractivity (Wildman–Crippen MR) is 83.4 cm³/mol. The summed E-state index contributed by atoms with van der Waals surface area (Å²) in [7, 11) is 1.94. The third kappa shape index (κ3) is 3.44. The summed E-state index contributed by atoms with van der Waals surface area (Å²) in [6.45, 7) is 5.41. The van der Waals surface area contributed by atoms with Gasteiger partial charge in [0.1, 0.15) is 0 Å². The SMILES string of the molecule is CNC(C)c1ccc(N2CCC(NC(C)=O)C2)c(Cl)c1. The molecule has 5 heteroatoms. The molecule has 1 aliphatic rings. The van der Waals surface area contributed by atoms with Gasteiger partial charge in [0.05, 0.1) is 10.7 Å². The molecule has 1 aliphatic heterocycles. The number of halogens is 1. The Balaban J connectivity index is 2.08. The molecular formula is C15H22ClN3O. The van der Waals surface area contributed by atoms with Gasteiger partial charge in [0.2, 0.25) is 5.91 Å². The lowest BCUT2D eigenvalue weighted by molar-refractivity contribution is -0.119. The fourth-order valence-corrected chi connectivity index (χ4v) is 2.91. The van der Waals surface area contributed by atoms with Gasteiger partial charge < -0.3 is 15.5 Å². The molecule has 2 unspecified atom stereocenters. The molecule has 110 valence electrons. The molecule has 1 heterocycles. The van der Waals surface area contributed by atoms with Gasteiger partial charge in [-0.15, -0.1) is 0 Å². The van der Waals surface area contributed by atoms with Crippen LogP contribution in [-0.4, -0.2) is 32.1 Å². The maximum Gasteiger partial charge on any atom is 0.217 e. The van der Waals surface area contributed by atoms with Gasteiger partial charge in [0, 0.05) is 32.1 Å². The van der Waals surface area contributed by atoms with Crippen molar-refractivity contribution in [2.24, 2.45) is 0 Å². The van der Waals surface area contributed by atoms with E-state index in [-0.39, 0.29) is 18.0 Å². The van der Waals surface area contributed by atoms with Crippen LogP contribution in [0.4, 0.5) is 5.69 Å². The second-order valence-corrected chi connectivity index (χ2v) is 5.76. The van der Waals surface area contributed by atoms with E-state index in [1.54, 1.807) is 6.92 Å². The van der Waals surface area contributed by atoms with Crippen molar-refractivity contribution in [2.75, 3.05) is 25.0 Å². The molecular weight excluding hydrogens is 274 g/mol. The number of anilines is 1. The standard InChI is InChI=1S/C15H22ClN3O/c1-10(17-3)12-4-5-15(14(16)8-12)19-7-6-13(9-19)18-11(2)20/h4-5,8,10,13,17H,6-7,9H2,1-3H3,(H,18,20). The molecule has 1 aromatic rings. The summed E-state index contributed by atoms with van der Waals surface area (Å²) >= 11 is 6.41. The number of nitrogens with one attached hydrogen (secondary N) is 2. The van der Waals surface area contributed by atoms with E-state index in [9.17, 15) is 4.79 Å². The van der Waals surface area contributed by atoms with E-state index < -0.39 is 0 Å². The Bertz CT molecular complexity index is 492. The Morgan fingerprint density at radius 2 is 2.25 bits per heavy atom. The monoisotopic (exact) mass is 295 g/mol. The van der Waals surface area contributed by atoms with Gasteiger partial charge in [0.15, 0.2) is 0 Å². The lowest BCUT2D eigenvalue weighted by Gasteiger charge is -2.21. The molecule has 0 bridgehead atoms. The summed E-state index contributed by atoms with van der Waals surface area (Å²) in [5.41, 5.74) is 2.23. The zero-order valence-corrected chi connectivity index (χ0v) is 13.0. The third-order valence-corrected chi connectivity index (χ3v) is 4.14. The Hall–Kier alpha value is -1.26. The second kappa shape index (κ2) is 6.46. The smallest absolute Gasteiger partial charge is 0.217 e. The quantitative estimate of drug-likeness (QED) is 0.896.